The molecule has 0 saturated carbocycles. The minimum atomic E-state index is 0.00452. The lowest BCUT2D eigenvalue weighted by Crippen LogP contribution is -2.16. The number of hydrogen-bond donors (Lipinski definition) is 1. The summed E-state index contributed by atoms with van der Waals surface area (Å²) in [6.45, 7) is 3.07. The number of carbonyl (C=O) groups is 1. The zero-order valence-corrected chi connectivity index (χ0v) is 11.2. The molecule has 0 aromatic heterocycles. The second kappa shape index (κ2) is 5.40. The van der Waals surface area contributed by atoms with Gasteiger partial charge in [0.15, 0.2) is 11.5 Å². The van der Waals surface area contributed by atoms with Gasteiger partial charge in [-0.15, -0.1) is 0 Å². The van der Waals surface area contributed by atoms with Crippen LogP contribution >= 0.6 is 15.9 Å². The molecule has 1 N–H and O–H groups in total. The van der Waals surface area contributed by atoms with Crippen LogP contribution in [0.5, 0.6) is 11.5 Å². The van der Waals surface area contributed by atoms with E-state index >= 15 is 0 Å². The number of fused-ring (bicyclic) bond motifs is 1. The zero-order chi connectivity index (χ0) is 12.3. The third-order valence-corrected chi connectivity index (χ3v) is 3.04. The van der Waals surface area contributed by atoms with Gasteiger partial charge in [-0.3, -0.25) is 4.79 Å². The van der Waals surface area contributed by atoms with Gasteiger partial charge in [0.05, 0.1) is 5.69 Å². The Balaban J connectivity index is 2.19. The first-order valence-electron chi connectivity index (χ1n) is 5.59. The monoisotopic (exact) mass is 299 g/mol. The fourth-order valence-corrected chi connectivity index (χ4v) is 2.02. The van der Waals surface area contributed by atoms with E-state index in [1.54, 1.807) is 6.07 Å². The normalized spacial score (nSPS) is 13.3. The molecule has 0 unspecified atom stereocenters. The smallest absolute Gasteiger partial charge is 0.224 e. The van der Waals surface area contributed by atoms with E-state index in [4.69, 9.17) is 9.47 Å². The van der Waals surface area contributed by atoms with E-state index in [0.717, 1.165) is 10.9 Å². The minimum Gasteiger partial charge on any atom is -0.486 e. The lowest BCUT2D eigenvalue weighted by atomic mass is 10.2. The van der Waals surface area contributed by atoms with E-state index in [1.165, 1.54) is 0 Å². The molecule has 1 aliphatic rings. The van der Waals surface area contributed by atoms with Gasteiger partial charge < -0.3 is 14.8 Å². The van der Waals surface area contributed by atoms with Crippen molar-refractivity contribution in [3.63, 3.8) is 0 Å². The molecule has 0 bridgehead atoms. The van der Waals surface area contributed by atoms with Crippen LogP contribution in [-0.2, 0) is 4.79 Å². The number of amides is 1. The second-order valence-electron chi connectivity index (χ2n) is 3.77. The average Bonchev–Trinajstić information content (AvgIpc) is 2.30. The van der Waals surface area contributed by atoms with Gasteiger partial charge in [0.25, 0.3) is 0 Å². The Bertz CT molecular complexity index is 434. The van der Waals surface area contributed by atoms with Crippen LogP contribution in [0.15, 0.2) is 16.6 Å². The van der Waals surface area contributed by atoms with Crippen LogP contribution in [0, 0.1) is 0 Å². The lowest BCUT2D eigenvalue weighted by molar-refractivity contribution is -0.116. The van der Waals surface area contributed by atoms with Crippen LogP contribution < -0.4 is 14.8 Å². The first-order valence-corrected chi connectivity index (χ1v) is 6.39. The number of hydrogen-bond acceptors (Lipinski definition) is 3. The SMILES string of the molecule is CCCC(=O)Nc1cc2c(cc1Br)OCCO2. The quantitative estimate of drug-likeness (QED) is 0.933. The van der Waals surface area contributed by atoms with Gasteiger partial charge in [0.1, 0.15) is 13.2 Å². The molecule has 1 aliphatic heterocycles. The molecular weight excluding hydrogens is 286 g/mol. The average molecular weight is 300 g/mol. The van der Waals surface area contributed by atoms with Gasteiger partial charge in [-0.25, -0.2) is 0 Å². The Hall–Kier alpha value is -1.23. The molecule has 0 spiro atoms. The van der Waals surface area contributed by atoms with Gasteiger partial charge in [-0.05, 0) is 22.4 Å². The molecule has 0 aliphatic carbocycles. The summed E-state index contributed by atoms with van der Waals surface area (Å²) >= 11 is 3.40. The number of ether oxygens (including phenoxy) is 2. The highest BCUT2D eigenvalue weighted by Gasteiger charge is 2.15. The molecule has 0 fully saturated rings. The van der Waals surface area contributed by atoms with Crippen LogP contribution in [0.2, 0.25) is 0 Å². The summed E-state index contributed by atoms with van der Waals surface area (Å²) in [5.41, 5.74) is 0.715. The number of benzene rings is 1. The topological polar surface area (TPSA) is 47.6 Å². The predicted octanol–water partition coefficient (Wildman–Crippen LogP) is 2.96. The maximum atomic E-state index is 11.5. The van der Waals surface area contributed by atoms with Crippen LogP contribution in [0.25, 0.3) is 0 Å². The summed E-state index contributed by atoms with van der Waals surface area (Å²) in [6.07, 6.45) is 1.34. The lowest BCUT2D eigenvalue weighted by Gasteiger charge is -2.20. The summed E-state index contributed by atoms with van der Waals surface area (Å²) in [4.78, 5) is 11.5. The van der Waals surface area contributed by atoms with Crippen molar-refractivity contribution < 1.29 is 14.3 Å². The summed E-state index contributed by atoms with van der Waals surface area (Å²) in [5, 5.41) is 2.84. The van der Waals surface area contributed by atoms with Gasteiger partial charge in [0, 0.05) is 23.0 Å². The Morgan fingerprint density at radius 2 is 2.00 bits per heavy atom. The largest absolute Gasteiger partial charge is 0.486 e. The Labute approximate surface area is 108 Å². The Kier molecular flexibility index (Phi) is 3.89. The van der Waals surface area contributed by atoms with Crippen LogP contribution in [-0.4, -0.2) is 19.1 Å². The highest BCUT2D eigenvalue weighted by Crippen LogP contribution is 2.38. The van der Waals surface area contributed by atoms with Crippen LogP contribution in [0.4, 0.5) is 5.69 Å². The molecule has 1 amide bonds. The first kappa shape index (κ1) is 12.2. The molecular formula is C12H14BrNO3. The van der Waals surface area contributed by atoms with E-state index in [-0.39, 0.29) is 5.91 Å². The standard InChI is InChI=1S/C12H14BrNO3/c1-2-3-12(15)14-9-7-11-10(6-8(9)13)16-4-5-17-11/h6-7H,2-5H2,1H3,(H,14,15). The van der Waals surface area contributed by atoms with Crippen molar-refractivity contribution >= 4 is 27.5 Å². The number of nitrogens with one attached hydrogen (secondary N) is 1. The van der Waals surface area contributed by atoms with E-state index in [0.29, 0.717) is 36.8 Å². The van der Waals surface area contributed by atoms with Crippen molar-refractivity contribution in [2.45, 2.75) is 19.8 Å². The summed E-state index contributed by atoms with van der Waals surface area (Å²) in [6, 6.07) is 3.60. The zero-order valence-electron chi connectivity index (χ0n) is 9.59. The molecule has 0 saturated heterocycles. The second-order valence-corrected chi connectivity index (χ2v) is 4.63. The van der Waals surface area contributed by atoms with Gasteiger partial charge in [0.2, 0.25) is 5.91 Å². The molecule has 1 aromatic rings. The Morgan fingerprint density at radius 1 is 1.35 bits per heavy atom. The number of anilines is 1. The molecule has 2 rings (SSSR count). The molecule has 1 aromatic carbocycles. The summed E-state index contributed by atoms with van der Waals surface area (Å²) < 4.78 is 11.7. The highest BCUT2D eigenvalue weighted by atomic mass is 79.9. The van der Waals surface area contributed by atoms with Crippen LogP contribution in [0.1, 0.15) is 19.8 Å². The maximum absolute atomic E-state index is 11.5. The van der Waals surface area contributed by atoms with E-state index < -0.39 is 0 Å². The number of carbonyl (C=O) groups excluding carboxylic acids is 1. The van der Waals surface area contributed by atoms with Crippen molar-refractivity contribution in [1.29, 1.82) is 0 Å². The fourth-order valence-electron chi connectivity index (χ4n) is 1.60. The first-order chi connectivity index (χ1) is 8.20. The molecule has 0 radical (unpaired) electrons. The third-order valence-electron chi connectivity index (χ3n) is 2.38. The predicted molar refractivity (Wildman–Crippen MR) is 68.7 cm³/mol. The van der Waals surface area contributed by atoms with Crippen molar-refractivity contribution in [2.24, 2.45) is 0 Å². The van der Waals surface area contributed by atoms with Crippen molar-refractivity contribution in [2.75, 3.05) is 18.5 Å². The number of rotatable bonds is 3. The van der Waals surface area contributed by atoms with E-state index in [1.807, 2.05) is 13.0 Å². The molecule has 92 valence electrons. The molecule has 0 atom stereocenters. The van der Waals surface area contributed by atoms with E-state index in [9.17, 15) is 4.79 Å². The van der Waals surface area contributed by atoms with Crippen molar-refractivity contribution in [3.8, 4) is 11.5 Å². The fraction of sp³-hybridized carbons (Fsp3) is 0.417. The van der Waals surface area contributed by atoms with Gasteiger partial charge in [-0.1, -0.05) is 6.92 Å². The summed E-state index contributed by atoms with van der Waals surface area (Å²) in [5.74, 6) is 1.38. The molecule has 5 heteroatoms. The third kappa shape index (κ3) is 2.91. The van der Waals surface area contributed by atoms with Crippen molar-refractivity contribution in [1.82, 2.24) is 0 Å². The van der Waals surface area contributed by atoms with E-state index in [2.05, 4.69) is 21.2 Å². The number of halogens is 1. The molecule has 1 heterocycles. The molecule has 17 heavy (non-hydrogen) atoms. The highest BCUT2D eigenvalue weighted by molar-refractivity contribution is 9.10. The van der Waals surface area contributed by atoms with Gasteiger partial charge in [-0.2, -0.15) is 0 Å². The maximum Gasteiger partial charge on any atom is 0.224 e. The molecule has 4 nitrogen and oxygen atoms in total. The minimum absolute atomic E-state index is 0.00452. The van der Waals surface area contributed by atoms with Crippen molar-refractivity contribution in [3.05, 3.63) is 16.6 Å². The summed E-state index contributed by atoms with van der Waals surface area (Å²) in [7, 11) is 0. The van der Waals surface area contributed by atoms with Gasteiger partial charge >= 0.3 is 0 Å². The van der Waals surface area contributed by atoms with Crippen LogP contribution in [0.3, 0.4) is 0 Å². The Morgan fingerprint density at radius 3 is 2.65 bits per heavy atom.